The number of nitrogens with zero attached hydrogens (tertiary/aromatic N) is 2. The summed E-state index contributed by atoms with van der Waals surface area (Å²) < 4.78 is 0. The number of aliphatic imine (C=N–C) groups is 1. The summed E-state index contributed by atoms with van der Waals surface area (Å²) in [5, 5.41) is 0. The minimum Gasteiger partial charge on any atom is -0.278 e. The molecule has 0 aliphatic heterocycles. The maximum absolute atomic E-state index is 4.79. The van der Waals surface area contributed by atoms with Crippen molar-refractivity contribution >= 4 is 5.71 Å². The summed E-state index contributed by atoms with van der Waals surface area (Å²) in [7, 11) is 0. The lowest BCUT2D eigenvalue weighted by molar-refractivity contribution is 1.06. The molecule has 0 N–H and O–H groups in total. The molecular weight excluding hydrogens is 256 g/mol. The quantitative estimate of drug-likeness (QED) is 0.656. The molecule has 3 aromatic rings. The summed E-state index contributed by atoms with van der Waals surface area (Å²) in [5.41, 5.74) is 4.12. The Balaban J connectivity index is 1.97. The third kappa shape index (κ3) is 3.42. The van der Waals surface area contributed by atoms with Gasteiger partial charge in [-0.25, -0.2) is 0 Å². The van der Waals surface area contributed by atoms with Gasteiger partial charge in [-0.2, -0.15) is 0 Å². The number of aromatic nitrogens is 1. The Hall–Kier alpha value is -2.74. The summed E-state index contributed by atoms with van der Waals surface area (Å²) in [5.74, 6) is 0. The van der Waals surface area contributed by atoms with E-state index in [4.69, 9.17) is 4.99 Å². The lowest BCUT2D eigenvalue weighted by Crippen LogP contribution is -2.06. The predicted octanol–water partition coefficient (Wildman–Crippen LogP) is 4.12. The zero-order chi connectivity index (χ0) is 14.3. The fourth-order valence-electron chi connectivity index (χ4n) is 2.17. The molecule has 1 heterocycles. The second-order valence-electron chi connectivity index (χ2n) is 4.73. The van der Waals surface area contributed by atoms with E-state index < -0.39 is 0 Å². The van der Waals surface area contributed by atoms with Crippen LogP contribution >= 0.6 is 0 Å². The van der Waals surface area contributed by atoms with Crippen LogP contribution in [-0.2, 0) is 6.54 Å². The van der Waals surface area contributed by atoms with E-state index in [1.54, 1.807) is 6.20 Å². The highest BCUT2D eigenvalue weighted by Gasteiger charge is 2.07. The largest absolute Gasteiger partial charge is 0.278 e. The normalized spacial score (nSPS) is 11.3. The molecule has 2 heteroatoms. The Morgan fingerprint density at radius 3 is 2.10 bits per heavy atom. The van der Waals surface area contributed by atoms with Crippen molar-refractivity contribution in [2.24, 2.45) is 4.99 Å². The van der Waals surface area contributed by atoms with Crippen molar-refractivity contribution < 1.29 is 0 Å². The van der Waals surface area contributed by atoms with Crippen molar-refractivity contribution in [2.45, 2.75) is 6.54 Å². The third-order valence-electron chi connectivity index (χ3n) is 3.22. The zero-order valence-electron chi connectivity index (χ0n) is 11.7. The average Bonchev–Trinajstić information content (AvgIpc) is 2.58. The number of pyridine rings is 1. The molecule has 0 fully saturated rings. The minimum atomic E-state index is 0.654. The number of benzene rings is 2. The van der Waals surface area contributed by atoms with Crippen molar-refractivity contribution in [1.82, 2.24) is 4.98 Å². The highest BCUT2D eigenvalue weighted by molar-refractivity contribution is 6.11. The first kappa shape index (κ1) is 13.3. The summed E-state index contributed by atoms with van der Waals surface area (Å²) in [6, 6.07) is 26.4. The van der Waals surface area contributed by atoms with E-state index in [9.17, 15) is 0 Å². The van der Waals surface area contributed by atoms with Gasteiger partial charge in [0.1, 0.15) is 0 Å². The molecule has 0 spiro atoms. The Morgan fingerprint density at radius 2 is 1.43 bits per heavy atom. The van der Waals surface area contributed by atoms with Gasteiger partial charge in [-0.05, 0) is 17.7 Å². The minimum absolute atomic E-state index is 0.654. The van der Waals surface area contributed by atoms with Crippen molar-refractivity contribution in [3.05, 3.63) is 102 Å². The van der Waals surface area contributed by atoms with Gasteiger partial charge in [-0.1, -0.05) is 66.7 Å². The van der Waals surface area contributed by atoms with Gasteiger partial charge in [-0.3, -0.25) is 9.98 Å². The molecular formula is C19H16N2. The number of hydrogen-bond donors (Lipinski definition) is 0. The Morgan fingerprint density at radius 1 is 0.762 bits per heavy atom. The van der Waals surface area contributed by atoms with Crippen LogP contribution < -0.4 is 0 Å². The maximum atomic E-state index is 4.79. The van der Waals surface area contributed by atoms with Crippen LogP contribution in [0.25, 0.3) is 0 Å². The van der Waals surface area contributed by atoms with Gasteiger partial charge >= 0.3 is 0 Å². The van der Waals surface area contributed by atoms with Crippen LogP contribution in [0.5, 0.6) is 0 Å². The first-order chi connectivity index (χ1) is 10.4. The van der Waals surface area contributed by atoms with E-state index in [1.165, 1.54) is 5.56 Å². The van der Waals surface area contributed by atoms with Crippen LogP contribution in [0.15, 0.2) is 90.1 Å². The molecule has 0 aliphatic rings. The fraction of sp³-hybridized carbons (Fsp3) is 0.0526. The van der Waals surface area contributed by atoms with Gasteiger partial charge in [0.25, 0.3) is 0 Å². The first-order valence-corrected chi connectivity index (χ1v) is 6.99. The lowest BCUT2D eigenvalue weighted by Gasteiger charge is -2.06. The molecule has 0 saturated carbocycles. The molecule has 0 bridgehead atoms. The second kappa shape index (κ2) is 6.62. The van der Waals surface area contributed by atoms with Crippen LogP contribution in [0, 0.1) is 0 Å². The summed E-state index contributed by atoms with van der Waals surface area (Å²) in [6.45, 7) is 0.654. The molecule has 0 unspecified atom stereocenters. The summed E-state index contributed by atoms with van der Waals surface area (Å²) >= 11 is 0. The van der Waals surface area contributed by atoms with Crippen molar-refractivity contribution in [3.63, 3.8) is 0 Å². The van der Waals surface area contributed by atoms with Crippen LogP contribution in [-0.4, -0.2) is 10.7 Å². The fourth-order valence-corrected chi connectivity index (χ4v) is 2.17. The van der Waals surface area contributed by atoms with Gasteiger partial charge in [0.05, 0.1) is 18.0 Å². The van der Waals surface area contributed by atoms with Crippen molar-refractivity contribution in [2.75, 3.05) is 0 Å². The molecule has 0 radical (unpaired) electrons. The average molecular weight is 272 g/mol. The van der Waals surface area contributed by atoms with E-state index >= 15 is 0 Å². The van der Waals surface area contributed by atoms with Crippen LogP contribution in [0.1, 0.15) is 16.8 Å². The molecule has 0 aliphatic carbocycles. The number of hydrogen-bond acceptors (Lipinski definition) is 2. The molecule has 0 saturated heterocycles. The summed E-state index contributed by atoms with van der Waals surface area (Å²) in [4.78, 5) is 9.23. The van der Waals surface area contributed by atoms with E-state index in [0.717, 1.165) is 17.0 Å². The molecule has 0 amide bonds. The first-order valence-electron chi connectivity index (χ1n) is 6.99. The van der Waals surface area contributed by atoms with Gasteiger partial charge in [0.15, 0.2) is 0 Å². The smallest absolute Gasteiger partial charge is 0.0907 e. The van der Waals surface area contributed by atoms with Gasteiger partial charge < -0.3 is 0 Å². The molecule has 102 valence electrons. The molecule has 0 atom stereocenters. The van der Waals surface area contributed by atoms with Gasteiger partial charge in [-0.15, -0.1) is 0 Å². The molecule has 3 rings (SSSR count). The molecule has 2 aromatic carbocycles. The standard InChI is InChI=1S/C19H16N2/c1-3-9-16(10-4-1)15-21-19(17-11-5-2-6-12-17)18-13-7-8-14-20-18/h1-14H,15H2. The predicted molar refractivity (Wildman–Crippen MR) is 86.5 cm³/mol. The Labute approximate surface area is 124 Å². The highest BCUT2D eigenvalue weighted by atomic mass is 14.8. The summed E-state index contributed by atoms with van der Waals surface area (Å²) in [6.07, 6.45) is 1.80. The monoisotopic (exact) mass is 272 g/mol. The lowest BCUT2D eigenvalue weighted by atomic mass is 10.1. The number of rotatable bonds is 4. The SMILES string of the molecule is c1ccc(CN=C(c2ccccc2)c2ccccn2)cc1. The van der Waals surface area contributed by atoms with Crippen LogP contribution in [0.2, 0.25) is 0 Å². The second-order valence-corrected chi connectivity index (χ2v) is 4.73. The van der Waals surface area contributed by atoms with E-state index in [1.807, 2.05) is 54.6 Å². The van der Waals surface area contributed by atoms with Crippen molar-refractivity contribution in [1.29, 1.82) is 0 Å². The Kier molecular flexibility index (Phi) is 4.18. The zero-order valence-corrected chi connectivity index (χ0v) is 11.7. The van der Waals surface area contributed by atoms with E-state index in [-0.39, 0.29) is 0 Å². The van der Waals surface area contributed by atoms with Crippen LogP contribution in [0.4, 0.5) is 0 Å². The van der Waals surface area contributed by atoms with Crippen molar-refractivity contribution in [3.8, 4) is 0 Å². The topological polar surface area (TPSA) is 25.2 Å². The highest BCUT2D eigenvalue weighted by Crippen LogP contribution is 2.11. The maximum Gasteiger partial charge on any atom is 0.0907 e. The van der Waals surface area contributed by atoms with Crippen LogP contribution in [0.3, 0.4) is 0 Å². The Bertz CT molecular complexity index is 663. The molecule has 21 heavy (non-hydrogen) atoms. The molecule has 1 aromatic heterocycles. The third-order valence-corrected chi connectivity index (χ3v) is 3.22. The van der Waals surface area contributed by atoms with Gasteiger partial charge in [0, 0.05) is 11.8 Å². The van der Waals surface area contributed by atoms with E-state index in [0.29, 0.717) is 6.54 Å². The molecule has 2 nitrogen and oxygen atoms in total. The van der Waals surface area contributed by atoms with E-state index in [2.05, 4.69) is 29.2 Å². The van der Waals surface area contributed by atoms with Gasteiger partial charge in [0.2, 0.25) is 0 Å².